The first-order chi connectivity index (χ1) is 10.8. The molecule has 1 aliphatic heterocycles. The van der Waals surface area contributed by atoms with Gasteiger partial charge in [-0.25, -0.2) is 4.39 Å². The fourth-order valence-electron chi connectivity index (χ4n) is 6.68. The Morgan fingerprint density at radius 1 is 1.26 bits per heavy atom. The molecule has 2 unspecified atom stereocenters. The van der Waals surface area contributed by atoms with Crippen LogP contribution in [0.4, 0.5) is 4.39 Å². The lowest BCUT2D eigenvalue weighted by molar-refractivity contribution is -0.140. The van der Waals surface area contributed by atoms with Gasteiger partial charge in [0.2, 0.25) is 5.91 Å². The van der Waals surface area contributed by atoms with E-state index < -0.39 is 12.3 Å². The van der Waals surface area contributed by atoms with Crippen LogP contribution in [-0.4, -0.2) is 41.3 Å². The lowest BCUT2D eigenvalue weighted by Crippen LogP contribution is -2.59. The minimum absolute atomic E-state index is 0.00768. The summed E-state index contributed by atoms with van der Waals surface area (Å²) in [5, 5.41) is 10.4. The maximum Gasteiger partial charge on any atom is 0.246 e. The van der Waals surface area contributed by atoms with Crippen molar-refractivity contribution in [2.75, 3.05) is 7.05 Å². The molecule has 3 saturated carbocycles. The predicted octanol–water partition coefficient (Wildman–Crippen LogP) is 2.93. The van der Waals surface area contributed by atoms with Gasteiger partial charge in [-0.1, -0.05) is 19.9 Å². The van der Waals surface area contributed by atoms with Crippen molar-refractivity contribution in [2.24, 2.45) is 28.6 Å². The Bertz CT molecular complexity index is 564. The summed E-state index contributed by atoms with van der Waals surface area (Å²) in [6, 6.07) is 0.262. The topological polar surface area (TPSA) is 40.5 Å². The molecule has 4 heteroatoms. The third-order valence-corrected chi connectivity index (χ3v) is 8.06. The van der Waals surface area contributed by atoms with Crippen molar-refractivity contribution in [1.29, 1.82) is 0 Å². The number of aliphatic hydroxyl groups excluding tert-OH is 1. The zero-order valence-electron chi connectivity index (χ0n) is 14.3. The first kappa shape index (κ1) is 15.6. The van der Waals surface area contributed by atoms with Gasteiger partial charge < -0.3 is 10.0 Å². The lowest BCUT2D eigenvalue weighted by Gasteiger charge is -2.59. The smallest absolute Gasteiger partial charge is 0.246 e. The van der Waals surface area contributed by atoms with Crippen molar-refractivity contribution in [3.05, 3.63) is 12.2 Å². The summed E-state index contributed by atoms with van der Waals surface area (Å²) < 4.78 is 14.2. The SMILES string of the molecule is CN1C(=O)C=C[C@]2(C)C3CC[C@@]4(C)[C@@H](C[C@@H](F)[C@@H]4O)C3CC[C@@H]12. The zero-order valence-corrected chi connectivity index (χ0v) is 14.3. The van der Waals surface area contributed by atoms with Gasteiger partial charge >= 0.3 is 0 Å². The normalized spacial score (nSPS) is 55.3. The van der Waals surface area contributed by atoms with Crippen LogP contribution in [0.3, 0.4) is 0 Å². The third-order valence-electron chi connectivity index (χ3n) is 8.06. The van der Waals surface area contributed by atoms with Crippen molar-refractivity contribution in [1.82, 2.24) is 4.90 Å². The molecule has 0 bridgehead atoms. The Kier molecular flexibility index (Phi) is 3.27. The highest BCUT2D eigenvalue weighted by atomic mass is 19.1. The van der Waals surface area contributed by atoms with Crippen molar-refractivity contribution in [3.63, 3.8) is 0 Å². The number of carbonyl (C=O) groups excluding carboxylic acids is 1. The Morgan fingerprint density at radius 3 is 2.74 bits per heavy atom. The molecule has 23 heavy (non-hydrogen) atoms. The molecule has 0 aromatic heterocycles. The highest BCUT2D eigenvalue weighted by Crippen LogP contribution is 2.64. The van der Waals surface area contributed by atoms with Gasteiger partial charge in [0.15, 0.2) is 0 Å². The van der Waals surface area contributed by atoms with E-state index in [4.69, 9.17) is 0 Å². The number of fused-ring (bicyclic) bond motifs is 5. The molecule has 1 amide bonds. The molecule has 0 spiro atoms. The predicted molar refractivity (Wildman–Crippen MR) is 86.4 cm³/mol. The largest absolute Gasteiger partial charge is 0.390 e. The Labute approximate surface area is 137 Å². The first-order valence-electron chi connectivity index (χ1n) is 9.07. The quantitative estimate of drug-likeness (QED) is 0.745. The van der Waals surface area contributed by atoms with Crippen LogP contribution >= 0.6 is 0 Å². The van der Waals surface area contributed by atoms with E-state index in [9.17, 15) is 14.3 Å². The number of alkyl halides is 1. The summed E-state index contributed by atoms with van der Waals surface area (Å²) in [7, 11) is 1.92. The van der Waals surface area contributed by atoms with Gasteiger partial charge in [0.1, 0.15) is 6.17 Å². The minimum atomic E-state index is -1.07. The van der Waals surface area contributed by atoms with Gasteiger partial charge in [-0.05, 0) is 61.3 Å². The molecule has 4 rings (SSSR count). The van der Waals surface area contributed by atoms with Crippen LogP contribution in [-0.2, 0) is 4.79 Å². The number of amides is 1. The van der Waals surface area contributed by atoms with Crippen molar-refractivity contribution in [3.8, 4) is 0 Å². The van der Waals surface area contributed by atoms with Gasteiger partial charge in [0.25, 0.3) is 0 Å². The summed E-state index contributed by atoms with van der Waals surface area (Å²) in [5.74, 6) is 1.34. The van der Waals surface area contributed by atoms with E-state index in [1.54, 1.807) is 6.08 Å². The Hall–Kier alpha value is -0.900. The van der Waals surface area contributed by atoms with E-state index in [1.165, 1.54) is 0 Å². The van der Waals surface area contributed by atoms with Gasteiger partial charge in [-0.2, -0.15) is 0 Å². The van der Waals surface area contributed by atoms with Gasteiger partial charge in [0.05, 0.1) is 6.10 Å². The molecule has 8 atom stereocenters. The zero-order chi connectivity index (χ0) is 16.6. The third kappa shape index (κ3) is 1.87. The second-order valence-corrected chi connectivity index (χ2v) is 8.86. The van der Waals surface area contributed by atoms with E-state index >= 15 is 0 Å². The van der Waals surface area contributed by atoms with Crippen LogP contribution in [0.5, 0.6) is 0 Å². The molecule has 3 nitrogen and oxygen atoms in total. The minimum Gasteiger partial charge on any atom is -0.390 e. The number of carbonyl (C=O) groups is 1. The number of likely N-dealkylation sites (N-methyl/N-ethyl adjacent to an activating group) is 1. The van der Waals surface area contributed by atoms with Gasteiger partial charge in [0, 0.05) is 18.5 Å². The van der Waals surface area contributed by atoms with E-state index in [-0.39, 0.29) is 28.7 Å². The highest BCUT2D eigenvalue weighted by molar-refractivity contribution is 5.89. The van der Waals surface area contributed by atoms with Crippen LogP contribution < -0.4 is 0 Å². The molecule has 0 saturated heterocycles. The number of aliphatic hydroxyl groups is 1. The lowest BCUT2D eigenvalue weighted by atomic mass is 9.48. The molecule has 1 heterocycles. The first-order valence-corrected chi connectivity index (χ1v) is 9.07. The maximum atomic E-state index is 14.2. The molecule has 4 aliphatic rings. The monoisotopic (exact) mass is 321 g/mol. The molecule has 3 aliphatic carbocycles. The number of hydrogen-bond acceptors (Lipinski definition) is 2. The maximum absolute atomic E-state index is 14.2. The molecule has 0 aromatic carbocycles. The highest BCUT2D eigenvalue weighted by Gasteiger charge is 2.62. The second-order valence-electron chi connectivity index (χ2n) is 8.86. The van der Waals surface area contributed by atoms with E-state index in [0.29, 0.717) is 18.3 Å². The van der Waals surface area contributed by atoms with Crippen LogP contribution in [0.15, 0.2) is 12.2 Å². The number of rotatable bonds is 0. The summed E-state index contributed by atoms with van der Waals surface area (Å²) in [6.45, 7) is 4.38. The molecule has 128 valence electrons. The summed E-state index contributed by atoms with van der Waals surface area (Å²) in [5.41, 5.74) is -0.268. The molecule has 0 radical (unpaired) electrons. The summed E-state index contributed by atoms with van der Waals surface area (Å²) in [6.07, 6.45) is 6.48. The number of halogens is 1. The second kappa shape index (κ2) is 4.81. The fraction of sp³-hybridized carbons (Fsp3) is 0.842. The molecular weight excluding hydrogens is 293 g/mol. The number of hydrogen-bond donors (Lipinski definition) is 1. The number of nitrogens with zero attached hydrogens (tertiary/aromatic N) is 1. The van der Waals surface area contributed by atoms with E-state index in [1.807, 2.05) is 11.9 Å². The average Bonchev–Trinajstić information content (AvgIpc) is 2.75. The van der Waals surface area contributed by atoms with Crippen LogP contribution in [0.25, 0.3) is 0 Å². The van der Waals surface area contributed by atoms with Gasteiger partial charge in [-0.15, -0.1) is 0 Å². The fourth-order valence-corrected chi connectivity index (χ4v) is 6.68. The van der Waals surface area contributed by atoms with E-state index in [2.05, 4.69) is 19.9 Å². The average molecular weight is 321 g/mol. The Morgan fingerprint density at radius 2 is 2.00 bits per heavy atom. The van der Waals surface area contributed by atoms with Crippen molar-refractivity contribution >= 4 is 5.91 Å². The molecule has 1 N–H and O–H groups in total. The van der Waals surface area contributed by atoms with Crippen molar-refractivity contribution < 1.29 is 14.3 Å². The summed E-state index contributed by atoms with van der Waals surface area (Å²) >= 11 is 0. The van der Waals surface area contributed by atoms with Gasteiger partial charge in [-0.3, -0.25) is 4.79 Å². The molecule has 3 fully saturated rings. The molecule has 0 aromatic rings. The van der Waals surface area contributed by atoms with E-state index in [0.717, 1.165) is 25.7 Å². The standard InChI is InChI=1S/C19H28FNO2/c1-18-9-7-16(22)21(3)15(18)5-4-11-12(18)6-8-19(2)13(11)10-14(20)17(19)23/h7,9,11-15,17,23H,4-6,8,10H2,1-3H3/t11?,12?,13-,14+,15+,17-,18+,19-/m0/s1. The Balaban J connectivity index is 1.70. The van der Waals surface area contributed by atoms with Crippen molar-refractivity contribution in [2.45, 2.75) is 64.3 Å². The van der Waals surface area contributed by atoms with Crippen LogP contribution in [0, 0.1) is 28.6 Å². The van der Waals surface area contributed by atoms with Crippen LogP contribution in [0.1, 0.15) is 46.0 Å². The summed E-state index contributed by atoms with van der Waals surface area (Å²) in [4.78, 5) is 13.9. The molecular formula is C19H28FNO2. The van der Waals surface area contributed by atoms with Crippen LogP contribution in [0.2, 0.25) is 0 Å².